The van der Waals surface area contributed by atoms with Crippen LogP contribution in [0.3, 0.4) is 0 Å². The van der Waals surface area contributed by atoms with Crippen LogP contribution in [-0.2, 0) is 14.8 Å². The van der Waals surface area contributed by atoms with E-state index >= 15 is 0 Å². The Morgan fingerprint density at radius 3 is 2.70 bits per heavy atom. The molecule has 1 aromatic rings. The highest BCUT2D eigenvalue weighted by Gasteiger charge is 2.43. The van der Waals surface area contributed by atoms with Gasteiger partial charge in [0.05, 0.1) is 25.1 Å². The molecule has 9 heteroatoms. The molecule has 2 saturated heterocycles. The molecule has 0 bridgehead atoms. The van der Waals surface area contributed by atoms with Crippen LogP contribution in [0.2, 0.25) is 0 Å². The van der Waals surface area contributed by atoms with E-state index in [1.54, 1.807) is 18.5 Å². The normalized spacial score (nSPS) is 20.1. The molecule has 2 aliphatic rings. The van der Waals surface area contributed by atoms with Crippen LogP contribution in [0.5, 0.6) is 0 Å². The van der Waals surface area contributed by atoms with Crippen LogP contribution in [0.1, 0.15) is 5.56 Å². The van der Waals surface area contributed by atoms with Crippen LogP contribution in [0.4, 0.5) is 10.5 Å². The molecule has 1 aromatic heterocycles. The third-order valence-electron chi connectivity index (χ3n) is 4.17. The number of rotatable bonds is 3. The van der Waals surface area contributed by atoms with Crippen LogP contribution in [0, 0.1) is 6.92 Å². The van der Waals surface area contributed by atoms with Gasteiger partial charge in [-0.2, -0.15) is 4.31 Å². The molecule has 23 heavy (non-hydrogen) atoms. The van der Waals surface area contributed by atoms with Crippen LogP contribution >= 0.6 is 0 Å². The number of nitrogens with one attached hydrogen (secondary N) is 1. The van der Waals surface area contributed by atoms with Crippen molar-refractivity contribution in [3.05, 3.63) is 24.0 Å². The Bertz CT molecular complexity index is 682. The van der Waals surface area contributed by atoms with Gasteiger partial charge in [-0.1, -0.05) is 0 Å². The summed E-state index contributed by atoms with van der Waals surface area (Å²) < 4.78 is 31.5. The summed E-state index contributed by atoms with van der Waals surface area (Å²) in [6.45, 7) is 3.93. The lowest BCUT2D eigenvalue weighted by molar-refractivity contribution is 0.0713. The molecule has 0 saturated carbocycles. The van der Waals surface area contributed by atoms with Crippen molar-refractivity contribution in [1.82, 2.24) is 14.2 Å². The third-order valence-corrected chi connectivity index (χ3v) is 6.39. The fraction of sp³-hybridized carbons (Fsp3) is 0.571. The summed E-state index contributed by atoms with van der Waals surface area (Å²) in [7, 11) is -3.35. The second kappa shape index (κ2) is 6.42. The number of anilines is 1. The van der Waals surface area contributed by atoms with Gasteiger partial charge in [0, 0.05) is 32.4 Å². The van der Waals surface area contributed by atoms with Crippen molar-refractivity contribution < 1.29 is 17.9 Å². The van der Waals surface area contributed by atoms with E-state index < -0.39 is 15.3 Å². The Morgan fingerprint density at radius 1 is 1.35 bits per heavy atom. The molecule has 2 amide bonds. The van der Waals surface area contributed by atoms with Gasteiger partial charge in [0.2, 0.25) is 10.0 Å². The molecule has 3 heterocycles. The molecule has 0 unspecified atom stereocenters. The Morgan fingerprint density at radius 2 is 2.04 bits per heavy atom. The molecule has 2 fully saturated rings. The van der Waals surface area contributed by atoms with Crippen molar-refractivity contribution in [2.75, 3.05) is 44.7 Å². The van der Waals surface area contributed by atoms with E-state index in [4.69, 9.17) is 4.74 Å². The minimum Gasteiger partial charge on any atom is -0.379 e. The van der Waals surface area contributed by atoms with Crippen LogP contribution < -0.4 is 5.32 Å². The van der Waals surface area contributed by atoms with Gasteiger partial charge in [-0.15, -0.1) is 0 Å². The van der Waals surface area contributed by atoms with Gasteiger partial charge in [0.1, 0.15) is 5.25 Å². The van der Waals surface area contributed by atoms with Gasteiger partial charge in [0.15, 0.2) is 0 Å². The lowest BCUT2D eigenvalue weighted by Crippen LogP contribution is -2.61. The number of amides is 2. The molecule has 0 aliphatic carbocycles. The lowest BCUT2D eigenvalue weighted by Gasteiger charge is -2.41. The highest BCUT2D eigenvalue weighted by Crippen LogP contribution is 2.22. The Balaban J connectivity index is 1.56. The Kier molecular flexibility index (Phi) is 4.51. The van der Waals surface area contributed by atoms with Crippen LogP contribution in [0.15, 0.2) is 18.5 Å². The minimum absolute atomic E-state index is 0.213. The summed E-state index contributed by atoms with van der Waals surface area (Å²) >= 11 is 0. The number of carbonyl (C=O) groups excluding carboxylic acids is 1. The lowest BCUT2D eigenvalue weighted by atomic mass is 10.2. The van der Waals surface area contributed by atoms with Gasteiger partial charge in [0.25, 0.3) is 0 Å². The van der Waals surface area contributed by atoms with Crippen molar-refractivity contribution in [2.24, 2.45) is 0 Å². The van der Waals surface area contributed by atoms with Gasteiger partial charge < -0.3 is 15.0 Å². The molecule has 0 radical (unpaired) electrons. The molecule has 0 aromatic carbocycles. The minimum atomic E-state index is -3.35. The average Bonchev–Trinajstić information content (AvgIpc) is 2.49. The number of hydrogen-bond acceptors (Lipinski definition) is 5. The first-order valence-corrected chi connectivity index (χ1v) is 9.02. The van der Waals surface area contributed by atoms with Gasteiger partial charge in [-0.25, -0.2) is 13.2 Å². The number of hydrogen-bond donors (Lipinski definition) is 1. The second-order valence-corrected chi connectivity index (χ2v) is 7.92. The van der Waals surface area contributed by atoms with Gasteiger partial charge >= 0.3 is 6.03 Å². The molecular weight excluding hydrogens is 320 g/mol. The first-order chi connectivity index (χ1) is 11.0. The fourth-order valence-corrected chi connectivity index (χ4v) is 4.41. The molecule has 1 N–H and O–H groups in total. The number of likely N-dealkylation sites (tertiary alicyclic amines) is 1. The van der Waals surface area contributed by atoms with E-state index in [1.807, 2.05) is 6.92 Å². The number of pyridine rings is 1. The average molecular weight is 340 g/mol. The molecule has 8 nitrogen and oxygen atoms in total. The summed E-state index contributed by atoms with van der Waals surface area (Å²) in [6, 6.07) is 1.51. The first-order valence-electron chi connectivity index (χ1n) is 7.52. The summed E-state index contributed by atoms with van der Waals surface area (Å²) in [4.78, 5) is 17.6. The highest BCUT2D eigenvalue weighted by atomic mass is 32.2. The number of ether oxygens (including phenoxy) is 1. The van der Waals surface area contributed by atoms with Crippen LogP contribution in [0.25, 0.3) is 0 Å². The zero-order valence-corrected chi connectivity index (χ0v) is 13.8. The smallest absolute Gasteiger partial charge is 0.321 e. The van der Waals surface area contributed by atoms with Crippen molar-refractivity contribution in [3.63, 3.8) is 0 Å². The van der Waals surface area contributed by atoms with E-state index in [0.29, 0.717) is 32.0 Å². The Labute approximate surface area is 135 Å². The monoisotopic (exact) mass is 340 g/mol. The zero-order valence-electron chi connectivity index (χ0n) is 12.9. The highest BCUT2D eigenvalue weighted by molar-refractivity contribution is 7.89. The third kappa shape index (κ3) is 3.31. The van der Waals surface area contributed by atoms with Crippen molar-refractivity contribution in [1.29, 1.82) is 0 Å². The maximum absolute atomic E-state index is 12.5. The summed E-state index contributed by atoms with van der Waals surface area (Å²) in [5, 5.41) is 2.23. The van der Waals surface area contributed by atoms with Gasteiger partial charge in [-0.3, -0.25) is 4.98 Å². The number of urea groups is 1. The van der Waals surface area contributed by atoms with E-state index in [2.05, 4.69) is 10.3 Å². The van der Waals surface area contributed by atoms with Crippen molar-refractivity contribution in [2.45, 2.75) is 12.2 Å². The molecular formula is C14H20N4O4S. The molecule has 2 aliphatic heterocycles. The number of sulfonamides is 1. The Hall–Kier alpha value is -1.71. The predicted molar refractivity (Wildman–Crippen MR) is 84.7 cm³/mol. The summed E-state index contributed by atoms with van der Waals surface area (Å²) in [6.07, 6.45) is 3.23. The standard InChI is InChI=1S/C14H20N4O4S/c1-11-2-3-15-8-13(11)16-14(19)17-9-12(10-17)23(20,21)18-4-6-22-7-5-18/h2-3,8,12H,4-7,9-10H2,1H3,(H,16,19). The topological polar surface area (TPSA) is 91.8 Å². The summed E-state index contributed by atoms with van der Waals surface area (Å²) in [5.41, 5.74) is 1.54. The number of nitrogens with zero attached hydrogens (tertiary/aromatic N) is 3. The maximum Gasteiger partial charge on any atom is 0.321 e. The molecule has 126 valence electrons. The number of carbonyl (C=O) groups is 1. The van der Waals surface area contributed by atoms with Crippen LogP contribution in [-0.4, -0.2) is 73.3 Å². The first kappa shape index (κ1) is 16.2. The van der Waals surface area contributed by atoms with E-state index in [9.17, 15) is 13.2 Å². The quantitative estimate of drug-likeness (QED) is 0.853. The SMILES string of the molecule is Cc1ccncc1NC(=O)N1CC(S(=O)(=O)N2CCOCC2)C1. The number of aromatic nitrogens is 1. The maximum atomic E-state index is 12.5. The second-order valence-electron chi connectivity index (χ2n) is 5.70. The zero-order chi connectivity index (χ0) is 16.4. The van der Waals surface area contributed by atoms with E-state index in [0.717, 1.165) is 5.56 Å². The van der Waals surface area contributed by atoms with Crippen molar-refractivity contribution >= 4 is 21.7 Å². The molecule has 0 spiro atoms. The molecule has 3 rings (SSSR count). The van der Waals surface area contributed by atoms with E-state index in [1.165, 1.54) is 9.21 Å². The van der Waals surface area contributed by atoms with Gasteiger partial charge in [-0.05, 0) is 18.6 Å². The van der Waals surface area contributed by atoms with Crippen molar-refractivity contribution in [3.8, 4) is 0 Å². The predicted octanol–water partition coefficient (Wildman–Crippen LogP) is 0.268. The number of morpholine rings is 1. The summed E-state index contributed by atoms with van der Waals surface area (Å²) in [5.74, 6) is 0. The number of aryl methyl sites for hydroxylation is 1. The van der Waals surface area contributed by atoms with E-state index in [-0.39, 0.29) is 19.1 Å². The fourth-order valence-electron chi connectivity index (χ4n) is 2.59. The largest absolute Gasteiger partial charge is 0.379 e. The molecule has 0 atom stereocenters.